The van der Waals surface area contributed by atoms with Crippen LogP contribution in [0.5, 0.6) is 0 Å². The van der Waals surface area contributed by atoms with Gasteiger partial charge in [0, 0.05) is 6.54 Å². The normalized spacial score (nSPS) is 9.73. The molecule has 82 valence electrons. The van der Waals surface area contributed by atoms with E-state index in [0.717, 1.165) is 6.33 Å². The highest BCUT2D eigenvalue weighted by Crippen LogP contribution is 2.27. The molecule has 9 nitrogen and oxygen atoms in total. The maximum absolute atomic E-state index is 10.7. The summed E-state index contributed by atoms with van der Waals surface area (Å²) in [4.78, 5) is 17.3. The molecule has 0 aliphatic rings. The Labute approximate surface area is 84.5 Å². The summed E-state index contributed by atoms with van der Waals surface area (Å²) in [5.41, 5.74) is 1.75. The Hall–Kier alpha value is -2.00. The first-order valence-electron chi connectivity index (χ1n) is 4.01. The summed E-state index contributed by atoms with van der Waals surface area (Å²) in [6.45, 7) is -0.00555. The van der Waals surface area contributed by atoms with Crippen molar-refractivity contribution in [3.63, 3.8) is 0 Å². The lowest BCUT2D eigenvalue weighted by atomic mass is 10.4. The van der Waals surface area contributed by atoms with Crippen molar-refractivity contribution in [1.82, 2.24) is 9.97 Å². The molecule has 0 fully saturated rings. The lowest BCUT2D eigenvalue weighted by Crippen LogP contribution is -2.14. The summed E-state index contributed by atoms with van der Waals surface area (Å²) in [6, 6.07) is 0. The third-order valence-electron chi connectivity index (χ3n) is 1.55. The molecule has 0 aliphatic carbocycles. The Bertz CT molecular complexity index is 357. The van der Waals surface area contributed by atoms with Crippen molar-refractivity contribution in [2.45, 2.75) is 0 Å². The Morgan fingerprint density at radius 1 is 1.53 bits per heavy atom. The number of nitrogens with zero attached hydrogens (tertiary/aromatic N) is 3. The highest BCUT2D eigenvalue weighted by Gasteiger charge is 2.21. The van der Waals surface area contributed by atoms with E-state index < -0.39 is 4.92 Å². The number of aliphatic hydroxyl groups excluding tert-OH is 1. The van der Waals surface area contributed by atoms with E-state index in [-0.39, 0.29) is 30.5 Å². The third-order valence-corrected chi connectivity index (χ3v) is 1.55. The number of nitro groups is 1. The number of rotatable bonds is 5. The van der Waals surface area contributed by atoms with E-state index >= 15 is 0 Å². The zero-order valence-electron chi connectivity index (χ0n) is 7.67. The van der Waals surface area contributed by atoms with Crippen molar-refractivity contribution in [1.29, 1.82) is 0 Å². The largest absolute Gasteiger partial charge is 0.395 e. The molecule has 0 aliphatic heterocycles. The van der Waals surface area contributed by atoms with Crippen LogP contribution >= 0.6 is 0 Å². The molecule has 1 heterocycles. The van der Waals surface area contributed by atoms with Gasteiger partial charge in [0.1, 0.15) is 6.33 Å². The van der Waals surface area contributed by atoms with Gasteiger partial charge >= 0.3 is 5.69 Å². The Morgan fingerprint density at radius 2 is 2.20 bits per heavy atom. The minimum Gasteiger partial charge on any atom is -0.395 e. The topological polar surface area (TPSA) is 139 Å². The molecule has 1 aromatic heterocycles. The van der Waals surface area contributed by atoms with Crippen molar-refractivity contribution in [3.8, 4) is 0 Å². The van der Waals surface area contributed by atoms with Gasteiger partial charge in [0.05, 0.1) is 11.5 Å². The van der Waals surface area contributed by atoms with Crippen LogP contribution in [0.3, 0.4) is 0 Å². The van der Waals surface area contributed by atoms with Crippen molar-refractivity contribution < 1.29 is 10.0 Å². The Morgan fingerprint density at radius 3 is 2.73 bits per heavy atom. The van der Waals surface area contributed by atoms with Gasteiger partial charge in [-0.15, -0.1) is 0 Å². The second-order valence-corrected chi connectivity index (χ2v) is 2.47. The number of hydrazine groups is 1. The van der Waals surface area contributed by atoms with Crippen LogP contribution in [0.1, 0.15) is 0 Å². The summed E-state index contributed by atoms with van der Waals surface area (Å²) < 4.78 is 0. The molecular weight excluding hydrogens is 204 g/mol. The van der Waals surface area contributed by atoms with Gasteiger partial charge in [-0.2, -0.15) is 0 Å². The molecule has 0 saturated carbocycles. The number of aliphatic hydroxyl groups is 1. The van der Waals surface area contributed by atoms with Crippen molar-refractivity contribution in [2.24, 2.45) is 5.84 Å². The molecule has 9 heteroatoms. The van der Waals surface area contributed by atoms with Gasteiger partial charge in [0.15, 0.2) is 0 Å². The average Bonchev–Trinajstić information content (AvgIpc) is 2.25. The first kappa shape index (κ1) is 11.1. The van der Waals surface area contributed by atoms with Crippen LogP contribution in [0.15, 0.2) is 6.33 Å². The zero-order chi connectivity index (χ0) is 11.3. The van der Waals surface area contributed by atoms with Gasteiger partial charge in [-0.1, -0.05) is 0 Å². The maximum Gasteiger partial charge on any atom is 0.354 e. The van der Waals surface area contributed by atoms with Gasteiger partial charge in [0.2, 0.25) is 11.6 Å². The molecule has 5 N–H and O–H groups in total. The van der Waals surface area contributed by atoms with Gasteiger partial charge in [0.25, 0.3) is 0 Å². The van der Waals surface area contributed by atoms with E-state index in [0.29, 0.717) is 0 Å². The molecule has 0 saturated heterocycles. The molecule has 0 atom stereocenters. The molecule has 1 aromatic rings. The number of hydrogen-bond acceptors (Lipinski definition) is 8. The molecule has 15 heavy (non-hydrogen) atoms. The van der Waals surface area contributed by atoms with E-state index in [1.165, 1.54) is 0 Å². The highest BCUT2D eigenvalue weighted by molar-refractivity contribution is 5.68. The molecule has 1 rings (SSSR count). The summed E-state index contributed by atoms with van der Waals surface area (Å²) in [6.07, 6.45) is 1.13. The molecular formula is C6H10N6O3. The van der Waals surface area contributed by atoms with Gasteiger partial charge in [-0.25, -0.2) is 15.8 Å². The second-order valence-electron chi connectivity index (χ2n) is 2.47. The van der Waals surface area contributed by atoms with Crippen molar-refractivity contribution in [3.05, 3.63) is 16.4 Å². The number of nitrogens with one attached hydrogen (secondary N) is 2. The minimum atomic E-state index is -0.658. The van der Waals surface area contributed by atoms with Crippen LogP contribution < -0.4 is 16.6 Å². The lowest BCUT2D eigenvalue weighted by Gasteiger charge is -2.06. The molecule has 0 amide bonds. The molecule has 0 aromatic carbocycles. The van der Waals surface area contributed by atoms with Gasteiger partial charge in [-0.3, -0.25) is 10.1 Å². The second kappa shape index (κ2) is 5.02. The van der Waals surface area contributed by atoms with Gasteiger partial charge < -0.3 is 15.8 Å². The Balaban J connectivity index is 3.07. The van der Waals surface area contributed by atoms with Gasteiger partial charge in [-0.05, 0) is 0 Å². The predicted octanol–water partition coefficient (Wildman–Crippen LogP) is -0.925. The monoisotopic (exact) mass is 214 g/mol. The van der Waals surface area contributed by atoms with Crippen molar-refractivity contribution in [2.75, 3.05) is 23.9 Å². The maximum atomic E-state index is 10.7. The predicted molar refractivity (Wildman–Crippen MR) is 52.1 cm³/mol. The summed E-state index contributed by atoms with van der Waals surface area (Å²) in [7, 11) is 0. The zero-order valence-corrected chi connectivity index (χ0v) is 7.67. The van der Waals surface area contributed by atoms with Crippen LogP contribution in [0, 0.1) is 10.1 Å². The molecule has 0 radical (unpaired) electrons. The number of nitrogen functional groups attached to an aromatic ring is 1. The molecule has 0 spiro atoms. The number of nitrogens with two attached hydrogens (primary N) is 1. The average molecular weight is 214 g/mol. The number of hydrogen-bond donors (Lipinski definition) is 4. The van der Waals surface area contributed by atoms with E-state index in [9.17, 15) is 10.1 Å². The first-order chi connectivity index (χ1) is 7.20. The fourth-order valence-corrected chi connectivity index (χ4v) is 0.961. The molecule has 0 unspecified atom stereocenters. The smallest absolute Gasteiger partial charge is 0.354 e. The van der Waals surface area contributed by atoms with E-state index in [1.807, 2.05) is 0 Å². The quantitative estimate of drug-likeness (QED) is 0.280. The number of aromatic nitrogens is 2. The molecule has 0 bridgehead atoms. The minimum absolute atomic E-state index is 0.0111. The van der Waals surface area contributed by atoms with E-state index in [4.69, 9.17) is 10.9 Å². The SMILES string of the molecule is NNc1ncnc(NCCO)c1[N+](=O)[O-]. The third kappa shape index (κ3) is 2.48. The van der Waals surface area contributed by atoms with Crippen LogP contribution in [-0.2, 0) is 0 Å². The standard InChI is InChI=1S/C6H10N6O3/c7-11-6-4(12(14)15)5(8-1-2-13)9-3-10-6/h3,13H,1-2,7H2,(H2,8,9,10,11). The summed E-state index contributed by atoms with van der Waals surface area (Å²) in [5.74, 6) is 4.99. The van der Waals surface area contributed by atoms with Crippen LogP contribution in [-0.4, -0.2) is 33.1 Å². The fraction of sp³-hybridized carbons (Fsp3) is 0.333. The summed E-state index contributed by atoms with van der Waals surface area (Å²) in [5, 5.41) is 21.8. The van der Waals surface area contributed by atoms with Crippen LogP contribution in [0.2, 0.25) is 0 Å². The van der Waals surface area contributed by atoms with E-state index in [1.54, 1.807) is 0 Å². The highest BCUT2D eigenvalue weighted by atomic mass is 16.6. The van der Waals surface area contributed by atoms with Crippen LogP contribution in [0.25, 0.3) is 0 Å². The lowest BCUT2D eigenvalue weighted by molar-refractivity contribution is -0.383. The number of anilines is 2. The van der Waals surface area contributed by atoms with Crippen LogP contribution in [0.4, 0.5) is 17.3 Å². The summed E-state index contributed by atoms with van der Waals surface area (Å²) >= 11 is 0. The fourth-order valence-electron chi connectivity index (χ4n) is 0.961. The first-order valence-corrected chi connectivity index (χ1v) is 4.01. The van der Waals surface area contributed by atoms with Crippen molar-refractivity contribution >= 4 is 17.3 Å². The van der Waals surface area contributed by atoms with E-state index in [2.05, 4.69) is 20.7 Å². The Kier molecular flexibility index (Phi) is 3.71.